The average molecular weight is 416 g/mol. The van der Waals surface area contributed by atoms with Gasteiger partial charge in [0, 0.05) is 0 Å². The predicted molar refractivity (Wildman–Crippen MR) is 106 cm³/mol. The molecular weight excluding hydrogens is 398 g/mol. The molecule has 2 rings (SSSR count). The molecular formula is C17H18ClNO5S2. The van der Waals surface area contributed by atoms with Crippen LogP contribution in [-0.2, 0) is 9.59 Å². The number of nitrogens with zero attached hydrogens (tertiary/aromatic N) is 1. The molecule has 0 radical (unpaired) electrons. The highest BCUT2D eigenvalue weighted by molar-refractivity contribution is 8.26. The molecule has 0 aliphatic carbocycles. The molecule has 0 saturated carbocycles. The molecule has 1 aliphatic rings. The summed E-state index contributed by atoms with van der Waals surface area (Å²) in [4.78, 5) is 24.6. The van der Waals surface area contributed by atoms with Gasteiger partial charge in [0.1, 0.15) is 10.9 Å². The molecule has 9 heteroatoms. The summed E-state index contributed by atoms with van der Waals surface area (Å²) in [6.45, 7) is 4.32. The molecule has 1 aromatic carbocycles. The normalized spacial score (nSPS) is 15.7. The van der Waals surface area contributed by atoms with Crippen molar-refractivity contribution < 1.29 is 24.2 Å². The lowest BCUT2D eigenvalue weighted by atomic mass is 10.1. The third-order valence-electron chi connectivity index (χ3n) is 3.25. The van der Waals surface area contributed by atoms with Crippen LogP contribution in [0, 0.1) is 0 Å². The topological polar surface area (TPSA) is 76.1 Å². The summed E-state index contributed by atoms with van der Waals surface area (Å²) in [7, 11) is 0. The molecule has 1 N–H and O–H groups in total. The van der Waals surface area contributed by atoms with Gasteiger partial charge in [-0.15, -0.1) is 0 Å². The fourth-order valence-electron chi connectivity index (χ4n) is 2.20. The maximum absolute atomic E-state index is 12.4. The molecule has 6 nitrogen and oxygen atoms in total. The molecule has 26 heavy (non-hydrogen) atoms. The van der Waals surface area contributed by atoms with Crippen LogP contribution in [0.3, 0.4) is 0 Å². The second-order valence-electron chi connectivity index (χ2n) is 5.27. The number of carbonyl (C=O) groups is 2. The van der Waals surface area contributed by atoms with Crippen LogP contribution in [0.4, 0.5) is 0 Å². The molecule has 1 amide bonds. The summed E-state index contributed by atoms with van der Waals surface area (Å²) in [6, 6.07) is 3.39. The van der Waals surface area contributed by atoms with E-state index in [0.717, 1.165) is 23.1 Å². The molecule has 0 aromatic heterocycles. The molecule has 1 heterocycles. The minimum absolute atomic E-state index is 0.211. The van der Waals surface area contributed by atoms with E-state index in [1.807, 2.05) is 13.8 Å². The van der Waals surface area contributed by atoms with E-state index in [0.29, 0.717) is 40.2 Å². The Bertz CT molecular complexity index is 766. The number of thioether (sulfide) groups is 1. The lowest BCUT2D eigenvalue weighted by Crippen LogP contribution is -2.33. The maximum atomic E-state index is 12.4. The quantitative estimate of drug-likeness (QED) is 0.511. The minimum atomic E-state index is -1.12. The summed E-state index contributed by atoms with van der Waals surface area (Å²) >= 11 is 12.5. The van der Waals surface area contributed by atoms with Gasteiger partial charge < -0.3 is 14.6 Å². The highest BCUT2D eigenvalue weighted by Crippen LogP contribution is 2.39. The number of carbonyl (C=O) groups excluding carboxylic acids is 1. The Balaban J connectivity index is 2.34. The number of carboxylic acids is 1. The van der Waals surface area contributed by atoms with Crippen molar-refractivity contribution in [2.45, 2.75) is 20.3 Å². The van der Waals surface area contributed by atoms with E-state index in [2.05, 4.69) is 0 Å². The number of hydrogen-bond acceptors (Lipinski definition) is 6. The summed E-state index contributed by atoms with van der Waals surface area (Å²) in [5.41, 5.74) is 0.637. The Hall–Kier alpha value is -1.77. The molecule has 1 fully saturated rings. The number of carboxylic acid groups (broad SMARTS) is 1. The molecule has 0 bridgehead atoms. The summed E-state index contributed by atoms with van der Waals surface area (Å²) in [6.07, 6.45) is 2.44. The van der Waals surface area contributed by atoms with Crippen molar-refractivity contribution in [2.24, 2.45) is 0 Å². The van der Waals surface area contributed by atoms with Crippen LogP contribution >= 0.6 is 35.6 Å². The molecule has 1 saturated heterocycles. The molecule has 140 valence electrons. The van der Waals surface area contributed by atoms with Crippen LogP contribution < -0.4 is 9.47 Å². The fourth-order valence-corrected chi connectivity index (χ4v) is 3.73. The number of aliphatic carboxylic acids is 1. The van der Waals surface area contributed by atoms with E-state index in [-0.39, 0.29) is 4.32 Å². The number of ether oxygens (including phenoxy) is 2. The average Bonchev–Trinajstić information content (AvgIpc) is 2.81. The van der Waals surface area contributed by atoms with E-state index in [4.69, 9.17) is 38.4 Å². The van der Waals surface area contributed by atoms with Gasteiger partial charge in [-0.2, -0.15) is 0 Å². The number of hydrogen-bond donors (Lipinski definition) is 1. The first-order valence-electron chi connectivity index (χ1n) is 7.93. The molecule has 1 aromatic rings. The van der Waals surface area contributed by atoms with E-state index in [1.165, 1.54) is 0 Å². The van der Waals surface area contributed by atoms with Crippen LogP contribution in [0.5, 0.6) is 11.5 Å². The van der Waals surface area contributed by atoms with Crippen LogP contribution in [0.1, 0.15) is 25.8 Å². The van der Waals surface area contributed by atoms with Gasteiger partial charge in [-0.3, -0.25) is 14.5 Å². The minimum Gasteiger partial charge on any atom is -0.490 e. The molecule has 0 spiro atoms. The van der Waals surface area contributed by atoms with Crippen molar-refractivity contribution >= 4 is 57.9 Å². The second-order valence-corrected chi connectivity index (χ2v) is 7.36. The van der Waals surface area contributed by atoms with Crippen molar-refractivity contribution in [3.05, 3.63) is 27.6 Å². The van der Waals surface area contributed by atoms with Crippen LogP contribution in [0.25, 0.3) is 6.08 Å². The van der Waals surface area contributed by atoms with Crippen LogP contribution in [-0.4, -0.2) is 46.0 Å². The Morgan fingerprint density at radius 2 is 2.12 bits per heavy atom. The zero-order valence-electron chi connectivity index (χ0n) is 14.3. The number of rotatable bonds is 8. The summed E-state index contributed by atoms with van der Waals surface area (Å²) in [5.74, 6) is -0.615. The second kappa shape index (κ2) is 9.25. The van der Waals surface area contributed by atoms with Crippen LogP contribution in [0.2, 0.25) is 5.02 Å². The van der Waals surface area contributed by atoms with E-state index >= 15 is 0 Å². The molecule has 0 atom stereocenters. The predicted octanol–water partition coefficient (Wildman–Crippen LogP) is 3.81. The van der Waals surface area contributed by atoms with Crippen molar-refractivity contribution in [1.29, 1.82) is 0 Å². The third-order valence-corrected chi connectivity index (χ3v) is 4.91. The first-order valence-corrected chi connectivity index (χ1v) is 9.53. The first kappa shape index (κ1) is 20.5. The van der Waals surface area contributed by atoms with Gasteiger partial charge in [-0.25, -0.2) is 0 Å². The fraction of sp³-hybridized carbons (Fsp3) is 0.353. The van der Waals surface area contributed by atoms with Crippen LogP contribution in [0.15, 0.2) is 17.0 Å². The van der Waals surface area contributed by atoms with Gasteiger partial charge in [0.05, 0.1) is 23.1 Å². The number of amides is 1. The standard InChI is InChI=1S/C17H18ClNO5S2/c1-3-5-24-15-11(18)6-10(7-12(15)23-4-2)8-13-16(22)19(9-14(20)21)17(25)26-13/h6-8H,3-5,9H2,1-2H3,(H,20,21)/b13-8-. The molecule has 0 unspecified atom stereocenters. The zero-order chi connectivity index (χ0) is 19.3. The van der Waals surface area contributed by atoms with E-state index < -0.39 is 18.4 Å². The Kier molecular flexibility index (Phi) is 7.31. The van der Waals surface area contributed by atoms with E-state index in [1.54, 1.807) is 18.2 Å². The summed E-state index contributed by atoms with van der Waals surface area (Å²) < 4.78 is 11.5. The Morgan fingerprint density at radius 3 is 2.73 bits per heavy atom. The SMILES string of the molecule is CCCOc1c(Cl)cc(/C=C2\SC(=S)N(CC(=O)O)C2=O)cc1OCC. The van der Waals surface area contributed by atoms with E-state index in [9.17, 15) is 9.59 Å². The lowest BCUT2D eigenvalue weighted by Gasteiger charge is -2.14. The Labute approximate surface area is 166 Å². The van der Waals surface area contributed by atoms with Gasteiger partial charge in [-0.1, -0.05) is 42.5 Å². The van der Waals surface area contributed by atoms with Gasteiger partial charge in [0.25, 0.3) is 5.91 Å². The lowest BCUT2D eigenvalue weighted by molar-refractivity contribution is -0.140. The highest BCUT2D eigenvalue weighted by atomic mass is 35.5. The molecule has 1 aliphatic heterocycles. The van der Waals surface area contributed by atoms with Gasteiger partial charge in [0.15, 0.2) is 11.5 Å². The highest BCUT2D eigenvalue weighted by Gasteiger charge is 2.33. The van der Waals surface area contributed by atoms with Crippen molar-refractivity contribution in [3.8, 4) is 11.5 Å². The van der Waals surface area contributed by atoms with Crippen molar-refractivity contribution in [3.63, 3.8) is 0 Å². The first-order chi connectivity index (χ1) is 12.4. The van der Waals surface area contributed by atoms with Crippen molar-refractivity contribution in [2.75, 3.05) is 19.8 Å². The summed E-state index contributed by atoms with van der Waals surface area (Å²) in [5, 5.41) is 9.26. The number of benzene rings is 1. The monoisotopic (exact) mass is 415 g/mol. The zero-order valence-corrected chi connectivity index (χ0v) is 16.7. The Morgan fingerprint density at radius 1 is 1.38 bits per heavy atom. The largest absolute Gasteiger partial charge is 0.490 e. The number of thiocarbonyl (C=S) groups is 1. The van der Waals surface area contributed by atoms with Crippen molar-refractivity contribution in [1.82, 2.24) is 4.90 Å². The third kappa shape index (κ3) is 4.90. The number of halogens is 1. The van der Waals surface area contributed by atoms with Gasteiger partial charge >= 0.3 is 5.97 Å². The smallest absolute Gasteiger partial charge is 0.323 e. The maximum Gasteiger partial charge on any atom is 0.323 e. The van der Waals surface area contributed by atoms with Gasteiger partial charge in [-0.05, 0) is 37.1 Å². The van der Waals surface area contributed by atoms with Gasteiger partial charge in [0.2, 0.25) is 0 Å².